The Labute approximate surface area is 231 Å². The Morgan fingerprint density at radius 2 is 1.80 bits per heavy atom. The van der Waals surface area contributed by atoms with Gasteiger partial charge in [0.2, 0.25) is 11.8 Å². The minimum atomic E-state index is -4.72. The smallest absolute Gasteiger partial charge is 0.413 e. The number of halogens is 3. The quantitative estimate of drug-likeness (QED) is 0.356. The molecule has 0 radical (unpaired) electrons. The molecule has 0 aliphatic carbocycles. The fourth-order valence-electron chi connectivity index (χ4n) is 4.92. The number of hydrogen-bond acceptors (Lipinski definition) is 8. The van der Waals surface area contributed by atoms with E-state index in [0.29, 0.717) is 33.9 Å². The van der Waals surface area contributed by atoms with Crippen molar-refractivity contribution in [1.29, 1.82) is 4.78 Å². The molecule has 1 fully saturated rings. The Hall–Kier alpha value is -3.45. The molecule has 1 amide bonds. The molecule has 3 aromatic rings. The van der Waals surface area contributed by atoms with Crippen LogP contribution in [-0.2, 0) is 19.3 Å². The van der Waals surface area contributed by atoms with Crippen LogP contribution in [0.1, 0.15) is 43.0 Å². The number of carbonyl (C=O) groups is 1. The van der Waals surface area contributed by atoms with Crippen molar-refractivity contribution in [3.05, 3.63) is 53.7 Å². The van der Waals surface area contributed by atoms with Gasteiger partial charge in [-0.25, -0.2) is 9.19 Å². The van der Waals surface area contributed by atoms with Gasteiger partial charge < -0.3 is 19.7 Å². The molecule has 3 heterocycles. The molecule has 2 atom stereocenters. The Morgan fingerprint density at radius 1 is 1.15 bits per heavy atom. The molecule has 4 rings (SSSR count). The van der Waals surface area contributed by atoms with Gasteiger partial charge in [0, 0.05) is 58.6 Å². The summed E-state index contributed by atoms with van der Waals surface area (Å²) in [5.74, 6) is -0.917. The van der Waals surface area contributed by atoms with Crippen molar-refractivity contribution >= 4 is 38.0 Å². The lowest BCUT2D eigenvalue weighted by atomic mass is 9.98. The summed E-state index contributed by atoms with van der Waals surface area (Å²) in [5.41, 5.74) is 2.88. The highest BCUT2D eigenvalue weighted by Gasteiger charge is 2.46. The highest BCUT2D eigenvalue weighted by molar-refractivity contribution is 7.92. The Balaban J connectivity index is 1.61. The van der Waals surface area contributed by atoms with Crippen LogP contribution >= 0.6 is 0 Å². The first-order valence-corrected chi connectivity index (χ1v) is 14.5. The molecule has 0 bridgehead atoms. The molecule has 2 aromatic heterocycles. The molecule has 13 heteroatoms. The van der Waals surface area contributed by atoms with Gasteiger partial charge in [-0.1, -0.05) is 12.1 Å². The zero-order valence-corrected chi connectivity index (χ0v) is 23.4. The fraction of sp³-hybridized carbons (Fsp3) is 0.444. The van der Waals surface area contributed by atoms with Crippen molar-refractivity contribution in [2.45, 2.75) is 38.1 Å². The lowest BCUT2D eigenvalue weighted by Crippen LogP contribution is -2.44. The van der Waals surface area contributed by atoms with Gasteiger partial charge in [0.05, 0.1) is 30.6 Å². The third-order valence-corrected chi connectivity index (χ3v) is 8.98. The standard InChI is InChI=1S/C27H32F3N5O4S/c1-16(38-3)23-21(15-32-20-9-10-22(39-4)34-24(20)23)33-19-7-5-17(6-8-19)25(27(28,29)30)35(2)26(36)18-11-13-40(31,37)14-12-18/h5-10,15-16,18,25,31,33H,11-14H2,1-4H3/t16-,18?,25+,40?/m0/s1. The van der Waals surface area contributed by atoms with Gasteiger partial charge in [-0.15, -0.1) is 0 Å². The van der Waals surface area contributed by atoms with Gasteiger partial charge in [0.1, 0.15) is 5.52 Å². The summed E-state index contributed by atoms with van der Waals surface area (Å²) in [5, 5.41) is 3.20. The topological polar surface area (TPSA) is 118 Å². The van der Waals surface area contributed by atoms with E-state index in [2.05, 4.69) is 15.3 Å². The summed E-state index contributed by atoms with van der Waals surface area (Å²) in [4.78, 5) is 22.7. The number of aromatic nitrogens is 2. The normalized spacial score (nSPS) is 21.0. The van der Waals surface area contributed by atoms with E-state index in [1.165, 1.54) is 31.4 Å². The monoisotopic (exact) mass is 579 g/mol. The number of nitrogens with zero attached hydrogens (tertiary/aromatic N) is 3. The molecule has 0 unspecified atom stereocenters. The molecular formula is C27H32F3N5O4S. The molecule has 1 aromatic carbocycles. The fourth-order valence-corrected chi connectivity index (χ4v) is 6.46. The lowest BCUT2D eigenvalue weighted by molar-refractivity contribution is -0.190. The van der Waals surface area contributed by atoms with Crippen molar-refractivity contribution in [1.82, 2.24) is 14.9 Å². The molecule has 0 spiro atoms. The summed E-state index contributed by atoms with van der Waals surface area (Å²) in [6, 6.07) is 6.99. The molecule has 0 saturated carbocycles. The summed E-state index contributed by atoms with van der Waals surface area (Å²) < 4.78 is 73.1. The molecule has 40 heavy (non-hydrogen) atoms. The van der Waals surface area contributed by atoms with E-state index in [-0.39, 0.29) is 36.0 Å². The zero-order chi connectivity index (χ0) is 29.2. The Bertz CT molecular complexity index is 1470. The van der Waals surface area contributed by atoms with Crippen molar-refractivity contribution in [3.8, 4) is 5.88 Å². The molecule has 1 saturated heterocycles. The first kappa shape index (κ1) is 29.5. The SMILES string of the molecule is COc1ccc2ncc(Nc3ccc([C@@H](N(C)C(=O)C4CCS(=N)(=O)CC4)C(F)(F)F)cc3)c([C@H](C)OC)c2n1. The maximum Gasteiger partial charge on any atom is 0.413 e. The second kappa shape index (κ2) is 11.6. The van der Waals surface area contributed by atoms with E-state index < -0.39 is 33.8 Å². The minimum absolute atomic E-state index is 0.0178. The summed E-state index contributed by atoms with van der Waals surface area (Å²) in [6.45, 7) is 1.85. The van der Waals surface area contributed by atoms with Crippen LogP contribution in [0.15, 0.2) is 42.6 Å². The highest BCUT2D eigenvalue weighted by Crippen LogP contribution is 2.39. The first-order valence-electron chi connectivity index (χ1n) is 12.7. The summed E-state index contributed by atoms with van der Waals surface area (Å²) >= 11 is 0. The van der Waals surface area contributed by atoms with Gasteiger partial charge in [-0.2, -0.15) is 13.2 Å². The van der Waals surface area contributed by atoms with Gasteiger partial charge in [0.15, 0.2) is 6.04 Å². The molecule has 1 aliphatic heterocycles. The Kier molecular flexibility index (Phi) is 8.55. The van der Waals surface area contributed by atoms with Crippen LogP contribution in [0, 0.1) is 10.7 Å². The predicted molar refractivity (Wildman–Crippen MR) is 146 cm³/mol. The van der Waals surface area contributed by atoms with E-state index in [4.69, 9.17) is 14.3 Å². The molecule has 216 valence electrons. The van der Waals surface area contributed by atoms with E-state index >= 15 is 0 Å². The van der Waals surface area contributed by atoms with E-state index in [9.17, 15) is 22.2 Å². The highest BCUT2D eigenvalue weighted by atomic mass is 32.2. The van der Waals surface area contributed by atoms with Crippen LogP contribution in [-0.4, -0.2) is 63.9 Å². The predicted octanol–water partition coefficient (Wildman–Crippen LogP) is 5.61. The lowest BCUT2D eigenvalue weighted by Gasteiger charge is -2.34. The van der Waals surface area contributed by atoms with Gasteiger partial charge in [-0.3, -0.25) is 14.6 Å². The van der Waals surface area contributed by atoms with Crippen LogP contribution in [0.3, 0.4) is 0 Å². The third-order valence-electron chi connectivity index (χ3n) is 7.19. The number of ether oxygens (including phenoxy) is 2. The summed E-state index contributed by atoms with van der Waals surface area (Å²) in [6.07, 6.45) is -3.21. The van der Waals surface area contributed by atoms with Crippen LogP contribution in [0.4, 0.5) is 24.5 Å². The van der Waals surface area contributed by atoms with Crippen molar-refractivity contribution in [2.75, 3.05) is 38.1 Å². The largest absolute Gasteiger partial charge is 0.481 e. The van der Waals surface area contributed by atoms with Crippen LogP contribution in [0.5, 0.6) is 5.88 Å². The van der Waals surface area contributed by atoms with Crippen LogP contribution in [0.25, 0.3) is 11.0 Å². The first-order chi connectivity index (χ1) is 18.8. The number of amides is 1. The number of rotatable bonds is 8. The van der Waals surface area contributed by atoms with Crippen molar-refractivity contribution in [2.24, 2.45) is 5.92 Å². The summed E-state index contributed by atoms with van der Waals surface area (Å²) in [7, 11) is 1.45. The maximum atomic E-state index is 14.2. The number of nitrogens with one attached hydrogen (secondary N) is 2. The second-order valence-electron chi connectivity index (χ2n) is 9.82. The number of fused-ring (bicyclic) bond motifs is 1. The number of alkyl halides is 3. The second-order valence-corrected chi connectivity index (χ2v) is 12.3. The Morgan fingerprint density at radius 3 is 2.38 bits per heavy atom. The minimum Gasteiger partial charge on any atom is -0.481 e. The van der Waals surface area contributed by atoms with Gasteiger partial charge in [0.25, 0.3) is 0 Å². The van der Waals surface area contributed by atoms with Crippen molar-refractivity contribution in [3.63, 3.8) is 0 Å². The number of methoxy groups -OCH3 is 2. The van der Waals surface area contributed by atoms with Gasteiger partial charge >= 0.3 is 6.18 Å². The molecule has 1 aliphatic rings. The number of pyridine rings is 2. The van der Waals surface area contributed by atoms with E-state index in [1.807, 2.05) is 6.92 Å². The van der Waals surface area contributed by atoms with Crippen LogP contribution in [0.2, 0.25) is 0 Å². The average Bonchev–Trinajstić information content (AvgIpc) is 2.92. The number of benzene rings is 1. The average molecular weight is 580 g/mol. The molecular weight excluding hydrogens is 547 g/mol. The number of carbonyl (C=O) groups excluding carboxylic acids is 1. The zero-order valence-electron chi connectivity index (χ0n) is 22.6. The third kappa shape index (κ3) is 6.30. The van der Waals surface area contributed by atoms with Crippen LogP contribution < -0.4 is 10.1 Å². The number of hydrogen-bond donors (Lipinski definition) is 2. The van der Waals surface area contributed by atoms with E-state index in [0.717, 1.165) is 11.9 Å². The molecule has 9 nitrogen and oxygen atoms in total. The molecule has 2 N–H and O–H groups in total. The van der Waals surface area contributed by atoms with E-state index in [1.54, 1.807) is 25.4 Å². The number of anilines is 2. The maximum absolute atomic E-state index is 14.2. The van der Waals surface area contributed by atoms with Gasteiger partial charge in [-0.05, 0) is 43.5 Å². The van der Waals surface area contributed by atoms with Crippen molar-refractivity contribution < 1.29 is 31.6 Å².